The summed E-state index contributed by atoms with van der Waals surface area (Å²) in [5.41, 5.74) is 6.44. The highest BCUT2D eigenvalue weighted by atomic mass is 79.9. The lowest BCUT2D eigenvalue weighted by atomic mass is 9.75. The predicted molar refractivity (Wildman–Crippen MR) is 65.0 cm³/mol. The smallest absolute Gasteiger partial charge is 0.119 e. The summed E-state index contributed by atoms with van der Waals surface area (Å²) in [6, 6.07) is 0.0302. The molecular weight excluding hydrogens is 273 g/mol. The summed E-state index contributed by atoms with van der Waals surface area (Å²) in [5.74, 6) is 0. The second-order valence-corrected chi connectivity index (χ2v) is 5.47. The summed E-state index contributed by atoms with van der Waals surface area (Å²) in [4.78, 5) is 0. The van der Waals surface area contributed by atoms with Gasteiger partial charge in [-0.05, 0) is 35.2 Å². The molecule has 1 aliphatic rings. The Morgan fingerprint density at radius 2 is 2.25 bits per heavy atom. The van der Waals surface area contributed by atoms with E-state index < -0.39 is 5.67 Å². The molecule has 2 rings (SSSR count). The molecule has 0 saturated heterocycles. The zero-order valence-corrected chi connectivity index (χ0v) is 11.2. The first-order valence-electron chi connectivity index (χ1n) is 5.60. The molecule has 5 heteroatoms. The summed E-state index contributed by atoms with van der Waals surface area (Å²) in [6.45, 7) is 2.04. The van der Waals surface area contributed by atoms with Crippen LogP contribution in [0.5, 0.6) is 0 Å². The first-order valence-corrected chi connectivity index (χ1v) is 6.39. The van der Waals surface area contributed by atoms with Gasteiger partial charge in [0.15, 0.2) is 0 Å². The molecule has 0 unspecified atom stereocenters. The summed E-state index contributed by atoms with van der Waals surface area (Å²) < 4.78 is 16.9. The average molecular weight is 290 g/mol. The van der Waals surface area contributed by atoms with Crippen LogP contribution in [0.2, 0.25) is 0 Å². The normalized spacial score (nSPS) is 29.2. The zero-order chi connectivity index (χ0) is 11.9. The Balaban J connectivity index is 2.18. The van der Waals surface area contributed by atoms with Crippen molar-refractivity contribution in [1.82, 2.24) is 9.78 Å². The van der Waals surface area contributed by atoms with Crippen molar-refractivity contribution >= 4 is 15.9 Å². The van der Waals surface area contributed by atoms with Crippen molar-refractivity contribution in [2.24, 2.45) is 12.8 Å². The fourth-order valence-electron chi connectivity index (χ4n) is 2.34. The van der Waals surface area contributed by atoms with Crippen LogP contribution < -0.4 is 5.73 Å². The van der Waals surface area contributed by atoms with Gasteiger partial charge in [0.05, 0.1) is 15.9 Å². The van der Waals surface area contributed by atoms with Gasteiger partial charge < -0.3 is 5.73 Å². The molecule has 1 aromatic heterocycles. The summed E-state index contributed by atoms with van der Waals surface area (Å²) in [6.07, 6.45) is 2.19. The molecule has 16 heavy (non-hydrogen) atoms. The largest absolute Gasteiger partial charge is 0.327 e. The number of aryl methyl sites for hydroxylation is 2. The molecule has 0 aromatic carbocycles. The van der Waals surface area contributed by atoms with Crippen LogP contribution in [0.3, 0.4) is 0 Å². The highest BCUT2D eigenvalue weighted by molar-refractivity contribution is 9.10. The van der Waals surface area contributed by atoms with E-state index in [0.717, 1.165) is 22.3 Å². The minimum Gasteiger partial charge on any atom is -0.327 e. The predicted octanol–water partition coefficient (Wildman–Crippen LogP) is 2.12. The lowest BCUT2D eigenvalue weighted by Gasteiger charge is -2.39. The van der Waals surface area contributed by atoms with Gasteiger partial charge in [-0.1, -0.05) is 6.92 Å². The Kier molecular flexibility index (Phi) is 3.09. The van der Waals surface area contributed by atoms with E-state index in [1.54, 1.807) is 4.68 Å². The third-order valence-corrected chi connectivity index (χ3v) is 4.16. The number of alkyl halides is 1. The van der Waals surface area contributed by atoms with Crippen molar-refractivity contribution in [2.75, 3.05) is 0 Å². The maximum atomic E-state index is 14.2. The van der Waals surface area contributed by atoms with Gasteiger partial charge in [0.1, 0.15) is 5.67 Å². The molecule has 1 heterocycles. The van der Waals surface area contributed by atoms with E-state index in [1.807, 2.05) is 14.0 Å². The van der Waals surface area contributed by atoms with Crippen molar-refractivity contribution in [2.45, 2.75) is 44.3 Å². The van der Waals surface area contributed by atoms with E-state index in [0.29, 0.717) is 19.3 Å². The van der Waals surface area contributed by atoms with E-state index in [2.05, 4.69) is 21.0 Å². The maximum Gasteiger partial charge on any atom is 0.119 e. The molecule has 2 N–H and O–H groups in total. The van der Waals surface area contributed by atoms with Gasteiger partial charge in [0.2, 0.25) is 0 Å². The van der Waals surface area contributed by atoms with Gasteiger partial charge in [-0.25, -0.2) is 4.39 Å². The highest BCUT2D eigenvalue weighted by Crippen LogP contribution is 2.39. The van der Waals surface area contributed by atoms with Crippen molar-refractivity contribution < 1.29 is 4.39 Å². The van der Waals surface area contributed by atoms with Crippen molar-refractivity contribution in [3.63, 3.8) is 0 Å². The van der Waals surface area contributed by atoms with Crippen LogP contribution in [0.15, 0.2) is 4.47 Å². The van der Waals surface area contributed by atoms with Crippen LogP contribution in [0.4, 0.5) is 4.39 Å². The number of aromatic nitrogens is 2. The number of nitrogens with zero attached hydrogens (tertiary/aromatic N) is 2. The van der Waals surface area contributed by atoms with Crippen LogP contribution in [0.1, 0.15) is 31.2 Å². The fraction of sp³-hybridized carbons (Fsp3) is 0.727. The maximum absolute atomic E-state index is 14.2. The van der Waals surface area contributed by atoms with Gasteiger partial charge >= 0.3 is 0 Å². The molecule has 90 valence electrons. The number of halogens is 2. The molecule has 0 aliphatic heterocycles. The molecule has 1 fully saturated rings. The van der Waals surface area contributed by atoms with Gasteiger partial charge in [-0.2, -0.15) is 5.10 Å². The average Bonchev–Trinajstić information content (AvgIpc) is 2.43. The third-order valence-electron chi connectivity index (χ3n) is 3.24. The van der Waals surface area contributed by atoms with E-state index in [-0.39, 0.29) is 6.04 Å². The second-order valence-electron chi connectivity index (χ2n) is 4.68. The van der Waals surface area contributed by atoms with Gasteiger partial charge in [-0.15, -0.1) is 0 Å². The lowest BCUT2D eigenvalue weighted by molar-refractivity contribution is 0.0424. The molecule has 1 saturated carbocycles. The van der Waals surface area contributed by atoms with Gasteiger partial charge in [0.25, 0.3) is 0 Å². The third kappa shape index (κ3) is 2.02. The minimum atomic E-state index is -1.12. The number of nitrogens with two attached hydrogens (primary N) is 1. The van der Waals surface area contributed by atoms with Crippen molar-refractivity contribution in [1.29, 1.82) is 0 Å². The number of hydrogen-bond acceptors (Lipinski definition) is 2. The Labute approximate surface area is 103 Å². The van der Waals surface area contributed by atoms with E-state index in [9.17, 15) is 4.39 Å². The Morgan fingerprint density at radius 3 is 2.69 bits per heavy atom. The summed E-state index contributed by atoms with van der Waals surface area (Å²) >= 11 is 3.50. The van der Waals surface area contributed by atoms with Gasteiger partial charge in [0, 0.05) is 19.5 Å². The van der Waals surface area contributed by atoms with Crippen molar-refractivity contribution in [3.05, 3.63) is 15.9 Å². The zero-order valence-electron chi connectivity index (χ0n) is 9.63. The Morgan fingerprint density at radius 1 is 1.62 bits per heavy atom. The van der Waals surface area contributed by atoms with E-state index in [4.69, 9.17) is 5.73 Å². The minimum absolute atomic E-state index is 0.0302. The SMILES string of the molecule is CCc1nn(C)c(CC2(F)CC(N)C2)c1Br. The van der Waals surface area contributed by atoms with Crippen molar-refractivity contribution in [3.8, 4) is 0 Å². The fourth-order valence-corrected chi connectivity index (χ4v) is 3.09. The molecule has 0 radical (unpaired) electrons. The van der Waals surface area contributed by atoms with E-state index >= 15 is 0 Å². The first-order chi connectivity index (χ1) is 7.45. The second kappa shape index (κ2) is 4.11. The molecular formula is C11H17BrFN3. The first kappa shape index (κ1) is 12.0. The molecule has 1 aromatic rings. The molecule has 0 atom stereocenters. The highest BCUT2D eigenvalue weighted by Gasteiger charge is 2.44. The van der Waals surface area contributed by atoms with Crippen LogP contribution in [-0.2, 0) is 19.9 Å². The van der Waals surface area contributed by atoms with Crippen LogP contribution >= 0.6 is 15.9 Å². The van der Waals surface area contributed by atoms with Crippen LogP contribution in [-0.4, -0.2) is 21.5 Å². The molecule has 0 amide bonds. The quantitative estimate of drug-likeness (QED) is 0.926. The Hall–Kier alpha value is -0.420. The Bertz CT molecular complexity index is 396. The topological polar surface area (TPSA) is 43.8 Å². The monoisotopic (exact) mass is 289 g/mol. The summed E-state index contributed by atoms with van der Waals surface area (Å²) in [5, 5.41) is 4.36. The van der Waals surface area contributed by atoms with Crippen LogP contribution in [0.25, 0.3) is 0 Å². The summed E-state index contributed by atoms with van der Waals surface area (Å²) in [7, 11) is 1.86. The standard InChI is InChI=1S/C11H17BrFN3/c1-3-8-10(12)9(16(2)15-8)6-11(13)4-7(14)5-11/h7H,3-6,14H2,1-2H3. The van der Waals surface area contributed by atoms with Gasteiger partial charge in [-0.3, -0.25) is 4.68 Å². The molecule has 0 bridgehead atoms. The number of rotatable bonds is 3. The molecule has 1 aliphatic carbocycles. The number of hydrogen-bond donors (Lipinski definition) is 1. The molecule has 3 nitrogen and oxygen atoms in total. The molecule has 0 spiro atoms. The van der Waals surface area contributed by atoms with Crippen LogP contribution in [0, 0.1) is 0 Å². The van der Waals surface area contributed by atoms with E-state index in [1.165, 1.54) is 0 Å². The lowest BCUT2D eigenvalue weighted by Crippen LogP contribution is -2.50.